The van der Waals surface area contributed by atoms with Gasteiger partial charge in [-0.1, -0.05) is 23.5 Å². The van der Waals surface area contributed by atoms with Crippen LogP contribution < -0.4 is 24.8 Å². The number of nitrogens with one attached hydrogen (secondary N) is 2. The summed E-state index contributed by atoms with van der Waals surface area (Å²) in [5.41, 5.74) is 1.03. The van der Waals surface area contributed by atoms with E-state index in [-0.39, 0.29) is 10.8 Å². The fourth-order valence-corrected chi connectivity index (χ4v) is 3.34. The number of halogens is 3. The van der Waals surface area contributed by atoms with Gasteiger partial charge in [0.05, 0.1) is 14.2 Å². The molecular weight excluding hydrogens is 437 g/mol. The first-order chi connectivity index (χ1) is 14.8. The third-order valence-electron chi connectivity index (χ3n) is 3.82. The molecule has 3 rings (SSSR count). The van der Waals surface area contributed by atoms with E-state index in [4.69, 9.17) is 9.47 Å². The Labute approximate surface area is 179 Å². The number of hydrogen-bond acceptors (Lipinski definition) is 7. The lowest BCUT2D eigenvalue weighted by atomic mass is 10.1. The van der Waals surface area contributed by atoms with Crippen molar-refractivity contribution in [3.05, 3.63) is 53.0 Å². The van der Waals surface area contributed by atoms with E-state index >= 15 is 0 Å². The monoisotopic (exact) mass is 454 g/mol. The molecule has 0 saturated carbocycles. The van der Waals surface area contributed by atoms with Crippen molar-refractivity contribution in [2.24, 2.45) is 0 Å². The number of amides is 2. The van der Waals surface area contributed by atoms with E-state index in [0.29, 0.717) is 22.9 Å². The quantitative estimate of drug-likeness (QED) is 0.538. The smallest absolute Gasteiger partial charge is 0.493 e. The molecule has 8 nitrogen and oxygen atoms in total. The number of urea groups is 1. The van der Waals surface area contributed by atoms with Crippen molar-refractivity contribution < 1.29 is 32.2 Å². The Hall–Kier alpha value is -3.54. The fraction of sp³-hybridized carbons (Fsp3) is 0.211. The van der Waals surface area contributed by atoms with Gasteiger partial charge in [0.15, 0.2) is 11.5 Å². The van der Waals surface area contributed by atoms with Gasteiger partial charge in [0, 0.05) is 18.2 Å². The van der Waals surface area contributed by atoms with E-state index in [2.05, 4.69) is 25.6 Å². The Morgan fingerprint density at radius 2 is 1.81 bits per heavy atom. The van der Waals surface area contributed by atoms with E-state index in [1.54, 1.807) is 13.2 Å². The van der Waals surface area contributed by atoms with Crippen LogP contribution in [0.1, 0.15) is 10.6 Å². The maximum absolute atomic E-state index is 12.3. The number of nitrogens with zero attached hydrogens (tertiary/aromatic N) is 2. The Morgan fingerprint density at radius 1 is 1.03 bits per heavy atom. The molecule has 0 radical (unpaired) electrons. The highest BCUT2D eigenvalue weighted by molar-refractivity contribution is 7.15. The van der Waals surface area contributed by atoms with Crippen LogP contribution >= 0.6 is 11.3 Å². The highest BCUT2D eigenvalue weighted by atomic mass is 32.1. The summed E-state index contributed by atoms with van der Waals surface area (Å²) in [4.78, 5) is 12.1. The summed E-state index contributed by atoms with van der Waals surface area (Å²) in [6.45, 7) is 0. The molecule has 0 atom stereocenters. The zero-order chi connectivity index (χ0) is 22.4. The summed E-state index contributed by atoms with van der Waals surface area (Å²) in [7, 11) is 3.09. The molecule has 12 heteroatoms. The van der Waals surface area contributed by atoms with Gasteiger partial charge in [-0.2, -0.15) is 0 Å². The second-order valence-electron chi connectivity index (χ2n) is 6.02. The van der Waals surface area contributed by atoms with Gasteiger partial charge < -0.3 is 19.5 Å². The molecule has 1 heterocycles. The molecule has 0 unspecified atom stereocenters. The molecular formula is C19H17F3N4O4S. The largest absolute Gasteiger partial charge is 0.573 e. The number of carbonyl (C=O) groups is 1. The van der Waals surface area contributed by atoms with Crippen molar-refractivity contribution in [1.29, 1.82) is 0 Å². The van der Waals surface area contributed by atoms with Crippen molar-refractivity contribution in [3.63, 3.8) is 0 Å². The third kappa shape index (κ3) is 6.47. The Kier molecular flexibility index (Phi) is 6.80. The van der Waals surface area contributed by atoms with Gasteiger partial charge in [0.25, 0.3) is 0 Å². The lowest BCUT2D eigenvalue weighted by Crippen LogP contribution is -2.20. The van der Waals surface area contributed by atoms with E-state index in [9.17, 15) is 18.0 Å². The lowest BCUT2D eigenvalue weighted by Gasteiger charge is -2.10. The molecule has 2 aromatic carbocycles. The van der Waals surface area contributed by atoms with Crippen LogP contribution in [0.3, 0.4) is 0 Å². The van der Waals surface area contributed by atoms with Crippen LogP contribution in [0, 0.1) is 0 Å². The number of carbonyl (C=O) groups excluding carboxylic acids is 1. The van der Waals surface area contributed by atoms with E-state index in [1.807, 2.05) is 12.1 Å². The maximum Gasteiger partial charge on any atom is 0.573 e. The van der Waals surface area contributed by atoms with Crippen LogP contribution in [0.25, 0.3) is 0 Å². The second kappa shape index (κ2) is 9.51. The topological polar surface area (TPSA) is 94.6 Å². The molecule has 1 aromatic heterocycles. The number of aromatic nitrogens is 2. The molecule has 0 aliphatic rings. The number of ether oxygens (including phenoxy) is 3. The summed E-state index contributed by atoms with van der Waals surface area (Å²) in [5, 5.41) is 13.7. The van der Waals surface area contributed by atoms with Gasteiger partial charge in [-0.05, 0) is 29.8 Å². The zero-order valence-electron chi connectivity index (χ0n) is 16.3. The summed E-state index contributed by atoms with van der Waals surface area (Å²) in [6, 6.07) is 9.69. The average molecular weight is 454 g/mol. The molecule has 0 aliphatic carbocycles. The third-order valence-corrected chi connectivity index (χ3v) is 4.65. The average Bonchev–Trinajstić information content (AvgIpc) is 3.13. The standard InChI is InChI=1S/C19H17F3N4O4S/c1-28-14-7-6-11(8-15(14)29-2)9-16-25-26-18(31-16)24-17(27)23-12-4-3-5-13(10-12)30-19(20,21)22/h3-8,10H,9H2,1-2H3,(H2,23,24,26,27). The van der Waals surface area contributed by atoms with Crippen LogP contribution in [-0.4, -0.2) is 36.8 Å². The highest BCUT2D eigenvalue weighted by Gasteiger charge is 2.31. The van der Waals surface area contributed by atoms with Gasteiger partial charge in [-0.3, -0.25) is 5.32 Å². The molecule has 0 spiro atoms. The highest BCUT2D eigenvalue weighted by Crippen LogP contribution is 2.29. The van der Waals surface area contributed by atoms with Gasteiger partial charge in [-0.25, -0.2) is 4.79 Å². The molecule has 0 bridgehead atoms. The number of anilines is 2. The summed E-state index contributed by atoms with van der Waals surface area (Å²) in [6.07, 6.45) is -4.37. The summed E-state index contributed by atoms with van der Waals surface area (Å²) in [5.74, 6) is 0.740. The van der Waals surface area contributed by atoms with Crippen LogP contribution in [-0.2, 0) is 6.42 Å². The van der Waals surface area contributed by atoms with Gasteiger partial charge in [0.1, 0.15) is 10.8 Å². The fourth-order valence-electron chi connectivity index (χ4n) is 2.57. The number of rotatable bonds is 7. The van der Waals surface area contributed by atoms with Crippen molar-refractivity contribution in [1.82, 2.24) is 10.2 Å². The van der Waals surface area contributed by atoms with E-state index in [0.717, 1.165) is 29.0 Å². The molecule has 31 heavy (non-hydrogen) atoms. The molecule has 0 aliphatic heterocycles. The predicted molar refractivity (Wildman–Crippen MR) is 108 cm³/mol. The molecule has 0 saturated heterocycles. The molecule has 164 valence electrons. The van der Waals surface area contributed by atoms with Crippen LogP contribution in [0.4, 0.5) is 28.8 Å². The van der Waals surface area contributed by atoms with Crippen LogP contribution in [0.15, 0.2) is 42.5 Å². The summed E-state index contributed by atoms with van der Waals surface area (Å²) < 4.78 is 51.2. The summed E-state index contributed by atoms with van der Waals surface area (Å²) >= 11 is 1.16. The van der Waals surface area contributed by atoms with Crippen LogP contribution in [0.2, 0.25) is 0 Å². The van der Waals surface area contributed by atoms with Gasteiger partial charge >= 0.3 is 12.4 Å². The predicted octanol–water partition coefficient (Wildman–Crippen LogP) is 4.69. The maximum atomic E-state index is 12.3. The van der Waals surface area contributed by atoms with E-state index < -0.39 is 18.1 Å². The Balaban J connectivity index is 1.60. The zero-order valence-corrected chi connectivity index (χ0v) is 17.1. The van der Waals surface area contributed by atoms with Crippen molar-refractivity contribution >= 4 is 28.2 Å². The first-order valence-corrected chi connectivity index (χ1v) is 9.54. The minimum Gasteiger partial charge on any atom is -0.493 e. The molecule has 2 N–H and O–H groups in total. The first kappa shape index (κ1) is 22.2. The molecule has 3 aromatic rings. The molecule has 0 fully saturated rings. The Bertz CT molecular complexity index is 1060. The minimum absolute atomic E-state index is 0.120. The number of alkyl halides is 3. The first-order valence-electron chi connectivity index (χ1n) is 8.73. The van der Waals surface area contributed by atoms with Crippen molar-refractivity contribution in [3.8, 4) is 17.2 Å². The SMILES string of the molecule is COc1ccc(Cc2nnc(NC(=O)Nc3cccc(OC(F)(F)F)c3)s2)cc1OC. The number of benzene rings is 2. The number of hydrogen-bond donors (Lipinski definition) is 2. The van der Waals surface area contributed by atoms with Crippen molar-refractivity contribution in [2.75, 3.05) is 24.9 Å². The van der Waals surface area contributed by atoms with Crippen molar-refractivity contribution in [2.45, 2.75) is 12.8 Å². The minimum atomic E-state index is -4.82. The Morgan fingerprint density at radius 3 is 2.52 bits per heavy atom. The number of methoxy groups -OCH3 is 2. The second-order valence-corrected chi connectivity index (χ2v) is 7.08. The van der Waals surface area contributed by atoms with E-state index in [1.165, 1.54) is 19.2 Å². The van der Waals surface area contributed by atoms with Gasteiger partial charge in [-0.15, -0.1) is 23.4 Å². The molecule has 2 amide bonds. The normalized spacial score (nSPS) is 11.0. The van der Waals surface area contributed by atoms with Crippen LogP contribution in [0.5, 0.6) is 17.2 Å². The lowest BCUT2D eigenvalue weighted by molar-refractivity contribution is -0.274. The van der Waals surface area contributed by atoms with Gasteiger partial charge in [0.2, 0.25) is 5.13 Å².